The van der Waals surface area contributed by atoms with Crippen molar-refractivity contribution in [3.8, 4) is 0 Å². The molecule has 0 saturated carbocycles. The van der Waals surface area contributed by atoms with Crippen LogP contribution in [0.4, 0.5) is 0 Å². The predicted molar refractivity (Wildman–Crippen MR) is 35.7 cm³/mol. The molecule has 0 amide bonds. The minimum atomic E-state index is 0.167. The highest BCUT2D eigenvalue weighted by Gasteiger charge is 1.84. The van der Waals surface area contributed by atoms with Crippen molar-refractivity contribution in [2.24, 2.45) is 4.99 Å². The molecule has 0 aromatic rings. The summed E-state index contributed by atoms with van der Waals surface area (Å²) in [6.45, 7) is 4.68. The number of aliphatic imine (C=N–C) groups is 1. The molecule has 0 bridgehead atoms. The van der Waals surface area contributed by atoms with Gasteiger partial charge in [-0.3, -0.25) is 4.99 Å². The van der Waals surface area contributed by atoms with E-state index in [1.807, 2.05) is 0 Å². The Balaban J connectivity index is 0.000000148. The molecule has 0 radical (unpaired) electrons. The van der Waals surface area contributed by atoms with Crippen LogP contribution in [0.25, 0.3) is 0 Å². The van der Waals surface area contributed by atoms with Gasteiger partial charge in [-0.15, -0.1) is 0 Å². The number of ketones is 1. The van der Waals surface area contributed by atoms with Gasteiger partial charge in [0.2, 0.25) is 0 Å². The molecule has 0 unspecified atom stereocenters. The van der Waals surface area contributed by atoms with Gasteiger partial charge in [-0.2, -0.15) is 0 Å². The molecule has 0 saturated heterocycles. The second kappa shape index (κ2) is 5.28. The van der Waals surface area contributed by atoms with E-state index < -0.39 is 0 Å². The zero-order valence-electron chi connectivity index (χ0n) is 5.76. The van der Waals surface area contributed by atoms with Gasteiger partial charge in [0.1, 0.15) is 12.4 Å². The van der Waals surface area contributed by atoms with Crippen LogP contribution in [0.15, 0.2) is 4.99 Å². The van der Waals surface area contributed by atoms with Gasteiger partial charge in [-0.25, -0.2) is 0 Å². The van der Waals surface area contributed by atoms with Crippen molar-refractivity contribution in [2.75, 3.05) is 13.2 Å². The molecule has 0 aliphatic carbocycles. The number of nitrogens with zero attached hydrogens (tertiary/aromatic N) is 1. The number of carbonyl (C=O) groups is 1. The lowest BCUT2D eigenvalue weighted by Crippen LogP contribution is -1.80. The SMILES string of the molecule is C1=NCCO1.CC(C)=O. The van der Waals surface area contributed by atoms with E-state index in [4.69, 9.17) is 0 Å². The van der Waals surface area contributed by atoms with E-state index in [1.165, 1.54) is 20.2 Å². The summed E-state index contributed by atoms with van der Waals surface area (Å²) < 4.78 is 4.65. The highest BCUT2D eigenvalue weighted by Crippen LogP contribution is 1.78. The molecule has 9 heavy (non-hydrogen) atoms. The monoisotopic (exact) mass is 129 g/mol. The maximum Gasteiger partial charge on any atom is 0.169 e. The molecule has 0 atom stereocenters. The van der Waals surface area contributed by atoms with Crippen molar-refractivity contribution in [3.63, 3.8) is 0 Å². The first-order chi connectivity index (χ1) is 4.23. The number of rotatable bonds is 0. The molecule has 1 rings (SSSR count). The fourth-order valence-corrected chi connectivity index (χ4v) is 0.264. The van der Waals surface area contributed by atoms with Gasteiger partial charge >= 0.3 is 0 Å². The second-order valence-electron chi connectivity index (χ2n) is 1.79. The molecule has 52 valence electrons. The van der Waals surface area contributed by atoms with Crippen molar-refractivity contribution in [1.82, 2.24) is 0 Å². The molecule has 0 N–H and O–H groups in total. The van der Waals surface area contributed by atoms with Crippen LogP contribution in [0.2, 0.25) is 0 Å². The summed E-state index contributed by atoms with van der Waals surface area (Å²) >= 11 is 0. The van der Waals surface area contributed by atoms with Crippen LogP contribution in [0, 0.1) is 0 Å². The van der Waals surface area contributed by atoms with Crippen LogP contribution in [-0.4, -0.2) is 25.3 Å². The maximum atomic E-state index is 9.44. The lowest BCUT2D eigenvalue weighted by molar-refractivity contribution is -0.114. The molecule has 1 aliphatic heterocycles. The topological polar surface area (TPSA) is 38.7 Å². The normalized spacial score (nSPS) is 13.6. The first kappa shape index (κ1) is 8.14. The Morgan fingerprint density at radius 3 is 2.33 bits per heavy atom. The summed E-state index contributed by atoms with van der Waals surface area (Å²) in [5, 5.41) is 0. The Labute approximate surface area is 54.7 Å². The van der Waals surface area contributed by atoms with Crippen LogP contribution in [0.5, 0.6) is 0 Å². The lowest BCUT2D eigenvalue weighted by Gasteiger charge is -1.76. The number of carbonyl (C=O) groups excluding carboxylic acids is 1. The van der Waals surface area contributed by atoms with Gasteiger partial charge in [0, 0.05) is 0 Å². The summed E-state index contributed by atoms with van der Waals surface area (Å²) in [7, 11) is 0. The summed E-state index contributed by atoms with van der Waals surface area (Å²) in [6.07, 6.45) is 1.49. The van der Waals surface area contributed by atoms with Crippen molar-refractivity contribution in [2.45, 2.75) is 13.8 Å². The quantitative estimate of drug-likeness (QED) is 0.481. The minimum absolute atomic E-state index is 0.167. The van der Waals surface area contributed by atoms with Crippen LogP contribution in [-0.2, 0) is 9.53 Å². The molecule has 0 aromatic heterocycles. The first-order valence-corrected chi connectivity index (χ1v) is 2.80. The van der Waals surface area contributed by atoms with E-state index in [0.717, 1.165) is 13.2 Å². The minimum Gasteiger partial charge on any atom is -0.482 e. The smallest absolute Gasteiger partial charge is 0.169 e. The summed E-state index contributed by atoms with van der Waals surface area (Å²) in [5.74, 6) is 0.167. The highest BCUT2D eigenvalue weighted by atomic mass is 16.5. The van der Waals surface area contributed by atoms with E-state index in [1.54, 1.807) is 0 Å². The summed E-state index contributed by atoms with van der Waals surface area (Å²) in [6, 6.07) is 0. The van der Waals surface area contributed by atoms with Crippen molar-refractivity contribution >= 4 is 12.2 Å². The number of hydrogen-bond acceptors (Lipinski definition) is 3. The van der Waals surface area contributed by atoms with E-state index in [9.17, 15) is 4.79 Å². The van der Waals surface area contributed by atoms with Gasteiger partial charge in [0.05, 0.1) is 6.54 Å². The van der Waals surface area contributed by atoms with E-state index in [-0.39, 0.29) is 5.78 Å². The molecular weight excluding hydrogens is 118 g/mol. The second-order valence-corrected chi connectivity index (χ2v) is 1.79. The van der Waals surface area contributed by atoms with E-state index >= 15 is 0 Å². The summed E-state index contributed by atoms with van der Waals surface area (Å²) in [5.41, 5.74) is 0. The maximum absolute atomic E-state index is 9.44. The van der Waals surface area contributed by atoms with Gasteiger partial charge in [0.15, 0.2) is 6.40 Å². The molecule has 3 heteroatoms. The van der Waals surface area contributed by atoms with Gasteiger partial charge in [-0.05, 0) is 13.8 Å². The Bertz CT molecular complexity index is 99.6. The van der Waals surface area contributed by atoms with Crippen LogP contribution in [0.3, 0.4) is 0 Å². The molecule has 1 heterocycles. The third-order valence-corrected chi connectivity index (χ3v) is 0.487. The lowest BCUT2D eigenvalue weighted by atomic mass is 10.6. The zero-order chi connectivity index (χ0) is 7.11. The molecule has 0 fully saturated rings. The Morgan fingerprint density at radius 1 is 1.67 bits per heavy atom. The number of Topliss-reactive ketones (excluding diaryl/α,β-unsaturated/α-hetero) is 1. The zero-order valence-corrected chi connectivity index (χ0v) is 5.76. The largest absolute Gasteiger partial charge is 0.482 e. The summed E-state index contributed by atoms with van der Waals surface area (Å²) in [4.78, 5) is 13.2. The molecular formula is C6H11NO2. The van der Waals surface area contributed by atoms with Crippen LogP contribution >= 0.6 is 0 Å². The average molecular weight is 129 g/mol. The number of hydrogen-bond donors (Lipinski definition) is 0. The molecule has 0 spiro atoms. The van der Waals surface area contributed by atoms with Crippen molar-refractivity contribution in [3.05, 3.63) is 0 Å². The highest BCUT2D eigenvalue weighted by molar-refractivity contribution is 5.72. The van der Waals surface area contributed by atoms with E-state index in [0.29, 0.717) is 0 Å². The molecule has 0 aromatic carbocycles. The average Bonchev–Trinajstić information content (AvgIpc) is 2.11. The van der Waals surface area contributed by atoms with Crippen molar-refractivity contribution < 1.29 is 9.53 Å². The fraction of sp³-hybridized carbons (Fsp3) is 0.667. The standard InChI is InChI=1S/C3H5NO.C3H6O/c1-2-5-3-4-1;1-3(2)4/h3H,1-2H2;1-2H3. The Hall–Kier alpha value is -0.860. The van der Waals surface area contributed by atoms with Crippen LogP contribution in [0.1, 0.15) is 13.8 Å². The van der Waals surface area contributed by atoms with Gasteiger partial charge in [0.25, 0.3) is 0 Å². The Morgan fingerprint density at radius 2 is 2.22 bits per heavy atom. The van der Waals surface area contributed by atoms with Gasteiger partial charge in [-0.1, -0.05) is 0 Å². The molecule has 3 nitrogen and oxygen atoms in total. The van der Waals surface area contributed by atoms with Crippen LogP contribution < -0.4 is 0 Å². The third kappa shape index (κ3) is 11.0. The molecule has 1 aliphatic rings. The Kier molecular flexibility index (Phi) is 4.78. The number of ether oxygens (including phenoxy) is 1. The first-order valence-electron chi connectivity index (χ1n) is 2.80. The van der Waals surface area contributed by atoms with Crippen molar-refractivity contribution in [1.29, 1.82) is 0 Å². The third-order valence-electron chi connectivity index (χ3n) is 0.487. The van der Waals surface area contributed by atoms with E-state index in [2.05, 4.69) is 9.73 Å². The van der Waals surface area contributed by atoms with Gasteiger partial charge < -0.3 is 9.53 Å². The predicted octanol–water partition coefficient (Wildman–Crippen LogP) is 0.640. The fourth-order valence-electron chi connectivity index (χ4n) is 0.264.